The molecule has 0 saturated carbocycles. The number of ketones is 1. The van der Waals surface area contributed by atoms with Gasteiger partial charge in [0, 0.05) is 18.7 Å². The number of nitrogens with zero attached hydrogens (tertiary/aromatic N) is 2. The average molecular weight is 475 g/mol. The third-order valence-electron chi connectivity index (χ3n) is 5.97. The van der Waals surface area contributed by atoms with Crippen molar-refractivity contribution < 1.29 is 23.8 Å². The highest BCUT2D eigenvalue weighted by molar-refractivity contribution is 6.46. The van der Waals surface area contributed by atoms with E-state index in [0.29, 0.717) is 42.5 Å². The van der Waals surface area contributed by atoms with Gasteiger partial charge >= 0.3 is 0 Å². The third-order valence-corrected chi connectivity index (χ3v) is 5.97. The predicted octanol–water partition coefficient (Wildman–Crippen LogP) is 4.46. The van der Waals surface area contributed by atoms with Crippen LogP contribution in [-0.2, 0) is 16.2 Å². The maximum atomic E-state index is 13.0. The van der Waals surface area contributed by atoms with E-state index in [1.54, 1.807) is 43.3 Å². The molecule has 1 aromatic heterocycles. The molecule has 2 aromatic carbocycles. The summed E-state index contributed by atoms with van der Waals surface area (Å²) in [4.78, 5) is 29.3. The molecule has 1 fully saturated rings. The van der Waals surface area contributed by atoms with Crippen LogP contribution >= 0.6 is 0 Å². The summed E-state index contributed by atoms with van der Waals surface area (Å²) < 4.78 is 11.7. The molecule has 1 N–H and O–H groups in total. The molecule has 35 heavy (non-hydrogen) atoms. The molecule has 1 aliphatic heterocycles. The standard InChI is InChI=1S/C28H30N2O5/c1-18-6-5-7-20(16-18)17-34-22-11-9-21(10-12-22)26(31)24-25(23-13-8-19(2)35-23)30(15-14-29(3)4)28(33)27(24)32/h5-13,16,25,31H,14-15,17H2,1-4H3/b26-24+/t25-/m1/s1. The molecule has 182 valence electrons. The summed E-state index contributed by atoms with van der Waals surface area (Å²) in [7, 11) is 3.79. The lowest BCUT2D eigenvalue weighted by atomic mass is 9.99. The number of rotatable bonds is 8. The number of carbonyl (C=O) groups excluding carboxylic acids is 2. The van der Waals surface area contributed by atoms with Crippen LogP contribution in [0.15, 0.2) is 70.7 Å². The Morgan fingerprint density at radius 2 is 1.80 bits per heavy atom. The van der Waals surface area contributed by atoms with E-state index in [1.807, 2.05) is 44.1 Å². The number of furan rings is 1. The molecule has 3 aromatic rings. The van der Waals surface area contributed by atoms with Gasteiger partial charge in [0.1, 0.15) is 35.7 Å². The van der Waals surface area contributed by atoms with Crippen LogP contribution in [0, 0.1) is 13.8 Å². The first-order valence-electron chi connectivity index (χ1n) is 11.5. The van der Waals surface area contributed by atoms with E-state index in [0.717, 1.165) is 11.1 Å². The lowest BCUT2D eigenvalue weighted by molar-refractivity contribution is -0.140. The van der Waals surface area contributed by atoms with Crippen LogP contribution in [0.4, 0.5) is 0 Å². The predicted molar refractivity (Wildman–Crippen MR) is 133 cm³/mol. The zero-order valence-corrected chi connectivity index (χ0v) is 20.4. The minimum Gasteiger partial charge on any atom is -0.507 e. The number of aliphatic hydroxyl groups is 1. The molecule has 0 spiro atoms. The Labute approximate surface area is 205 Å². The first kappa shape index (κ1) is 24.3. The van der Waals surface area contributed by atoms with Crippen molar-refractivity contribution in [3.63, 3.8) is 0 Å². The van der Waals surface area contributed by atoms with Gasteiger partial charge in [0.05, 0.1) is 5.57 Å². The summed E-state index contributed by atoms with van der Waals surface area (Å²) in [5.41, 5.74) is 2.67. The minimum atomic E-state index is -0.791. The fourth-order valence-corrected chi connectivity index (χ4v) is 4.15. The van der Waals surface area contributed by atoms with Crippen LogP contribution in [0.5, 0.6) is 5.75 Å². The topological polar surface area (TPSA) is 83.2 Å². The highest BCUT2D eigenvalue weighted by atomic mass is 16.5. The Hall–Kier alpha value is -3.84. The molecule has 2 heterocycles. The molecule has 7 nitrogen and oxygen atoms in total. The maximum Gasteiger partial charge on any atom is 0.295 e. The molecule has 1 atom stereocenters. The van der Waals surface area contributed by atoms with E-state index in [2.05, 4.69) is 6.07 Å². The van der Waals surface area contributed by atoms with Crippen LogP contribution < -0.4 is 4.74 Å². The van der Waals surface area contributed by atoms with Crippen LogP contribution in [0.3, 0.4) is 0 Å². The molecular weight excluding hydrogens is 444 g/mol. The largest absolute Gasteiger partial charge is 0.507 e. The molecule has 0 radical (unpaired) electrons. The van der Waals surface area contributed by atoms with Crippen molar-refractivity contribution in [3.05, 3.63) is 94.4 Å². The Balaban J connectivity index is 1.62. The second-order valence-electron chi connectivity index (χ2n) is 9.05. The number of likely N-dealkylation sites (N-methyl/N-ethyl adjacent to an activating group) is 1. The number of Topliss-reactive ketones (excluding diaryl/α,β-unsaturated/α-hetero) is 1. The molecule has 1 saturated heterocycles. The Morgan fingerprint density at radius 1 is 1.06 bits per heavy atom. The first-order chi connectivity index (χ1) is 16.7. The highest BCUT2D eigenvalue weighted by Crippen LogP contribution is 2.40. The third kappa shape index (κ3) is 5.30. The highest BCUT2D eigenvalue weighted by Gasteiger charge is 2.47. The molecule has 4 rings (SSSR count). The summed E-state index contributed by atoms with van der Waals surface area (Å²) >= 11 is 0. The maximum absolute atomic E-state index is 13.0. The number of hydrogen-bond acceptors (Lipinski definition) is 6. The van der Waals surface area contributed by atoms with Gasteiger partial charge in [-0.25, -0.2) is 0 Å². The molecular formula is C28H30N2O5. The molecule has 0 unspecified atom stereocenters. The van der Waals surface area contributed by atoms with E-state index in [-0.39, 0.29) is 11.3 Å². The number of likely N-dealkylation sites (tertiary alicyclic amines) is 1. The quantitative estimate of drug-likeness (QED) is 0.295. The Bertz CT molecular complexity index is 1260. The van der Waals surface area contributed by atoms with Crippen molar-refractivity contribution >= 4 is 17.4 Å². The van der Waals surface area contributed by atoms with Gasteiger partial charge in [-0.3, -0.25) is 9.59 Å². The van der Waals surface area contributed by atoms with Gasteiger partial charge in [-0.2, -0.15) is 0 Å². The van der Waals surface area contributed by atoms with E-state index in [9.17, 15) is 14.7 Å². The monoisotopic (exact) mass is 474 g/mol. The van der Waals surface area contributed by atoms with Crippen molar-refractivity contribution in [3.8, 4) is 5.75 Å². The van der Waals surface area contributed by atoms with Gasteiger partial charge in [0.2, 0.25) is 0 Å². The number of amides is 1. The summed E-state index contributed by atoms with van der Waals surface area (Å²) in [6.45, 7) is 5.14. The van der Waals surface area contributed by atoms with Crippen LogP contribution in [0.2, 0.25) is 0 Å². The van der Waals surface area contributed by atoms with Gasteiger partial charge in [-0.15, -0.1) is 0 Å². The van der Waals surface area contributed by atoms with Gasteiger partial charge in [-0.1, -0.05) is 29.8 Å². The SMILES string of the molecule is Cc1cccc(COc2ccc(/C(O)=C3\C(=O)C(=O)N(CCN(C)C)[C@@H]3c3ccc(C)o3)cc2)c1. The smallest absolute Gasteiger partial charge is 0.295 e. The summed E-state index contributed by atoms with van der Waals surface area (Å²) in [6.07, 6.45) is 0. The summed E-state index contributed by atoms with van der Waals surface area (Å²) in [6, 6.07) is 17.6. The Kier molecular flexibility index (Phi) is 7.07. The van der Waals surface area contributed by atoms with Gasteiger partial charge in [0.25, 0.3) is 11.7 Å². The van der Waals surface area contributed by atoms with E-state index >= 15 is 0 Å². The molecule has 0 bridgehead atoms. The number of aliphatic hydroxyl groups excluding tert-OH is 1. The van der Waals surface area contributed by atoms with Gasteiger partial charge in [-0.05, 0) is 69.9 Å². The lowest BCUT2D eigenvalue weighted by Crippen LogP contribution is -2.35. The average Bonchev–Trinajstić information content (AvgIpc) is 3.37. The number of benzene rings is 2. The lowest BCUT2D eigenvalue weighted by Gasteiger charge is -2.24. The van der Waals surface area contributed by atoms with Crippen molar-refractivity contribution in [2.24, 2.45) is 0 Å². The fourth-order valence-electron chi connectivity index (χ4n) is 4.15. The molecule has 7 heteroatoms. The van der Waals surface area contributed by atoms with Crippen LogP contribution in [0.1, 0.15) is 34.3 Å². The van der Waals surface area contributed by atoms with Gasteiger partial charge in [0.15, 0.2) is 0 Å². The van der Waals surface area contributed by atoms with Crippen LogP contribution in [-0.4, -0.2) is 53.8 Å². The summed E-state index contributed by atoms with van der Waals surface area (Å²) in [5.74, 6) is 0.131. The number of carbonyl (C=O) groups is 2. The number of hydrogen-bond donors (Lipinski definition) is 1. The number of aryl methyl sites for hydroxylation is 2. The molecule has 0 aliphatic carbocycles. The first-order valence-corrected chi connectivity index (χ1v) is 11.5. The zero-order chi connectivity index (χ0) is 25.1. The summed E-state index contributed by atoms with van der Waals surface area (Å²) in [5, 5.41) is 11.2. The second-order valence-corrected chi connectivity index (χ2v) is 9.05. The number of ether oxygens (including phenoxy) is 1. The van der Waals surface area contributed by atoms with Gasteiger partial charge < -0.3 is 24.1 Å². The van der Waals surface area contributed by atoms with Crippen molar-refractivity contribution in [1.29, 1.82) is 0 Å². The minimum absolute atomic E-state index is 0.0246. The van der Waals surface area contributed by atoms with Crippen molar-refractivity contribution in [1.82, 2.24) is 9.80 Å². The van der Waals surface area contributed by atoms with Crippen molar-refractivity contribution in [2.45, 2.75) is 26.5 Å². The molecule has 1 amide bonds. The van der Waals surface area contributed by atoms with E-state index in [1.165, 1.54) is 4.90 Å². The van der Waals surface area contributed by atoms with Crippen molar-refractivity contribution in [2.75, 3.05) is 27.2 Å². The van der Waals surface area contributed by atoms with Crippen LogP contribution in [0.25, 0.3) is 5.76 Å². The van der Waals surface area contributed by atoms with E-state index in [4.69, 9.17) is 9.15 Å². The van der Waals surface area contributed by atoms with E-state index < -0.39 is 17.7 Å². The normalized spacial score (nSPS) is 17.4. The Morgan fingerprint density at radius 3 is 2.43 bits per heavy atom. The second kappa shape index (κ2) is 10.2. The zero-order valence-electron chi connectivity index (χ0n) is 20.4. The molecule has 1 aliphatic rings. The fraction of sp³-hybridized carbons (Fsp3) is 0.286.